The number of nitrogens with two attached hydrogens (primary N) is 1. The molecule has 76 valence electrons. The van der Waals surface area contributed by atoms with Crippen LogP contribution < -0.4 is 16.6 Å². The first-order valence-electron chi connectivity index (χ1n) is 5.00. The highest BCUT2D eigenvalue weighted by atomic mass is 15.3. The SMILES string of the molecule is CC(C)NC(=NCC1CCC1)NN. The van der Waals surface area contributed by atoms with Crippen molar-refractivity contribution < 1.29 is 0 Å². The van der Waals surface area contributed by atoms with E-state index in [0.29, 0.717) is 12.0 Å². The largest absolute Gasteiger partial charge is 0.353 e. The van der Waals surface area contributed by atoms with Gasteiger partial charge in [0.15, 0.2) is 0 Å². The minimum Gasteiger partial charge on any atom is -0.353 e. The number of hydrogen-bond acceptors (Lipinski definition) is 2. The van der Waals surface area contributed by atoms with Crippen molar-refractivity contribution in [3.63, 3.8) is 0 Å². The summed E-state index contributed by atoms with van der Waals surface area (Å²) in [6, 6.07) is 0.371. The van der Waals surface area contributed by atoms with Crippen molar-refractivity contribution in [3.05, 3.63) is 0 Å². The van der Waals surface area contributed by atoms with Gasteiger partial charge in [-0.25, -0.2) is 5.84 Å². The molecule has 4 heteroatoms. The van der Waals surface area contributed by atoms with Gasteiger partial charge in [-0.15, -0.1) is 0 Å². The molecule has 0 atom stereocenters. The number of hydrazine groups is 1. The third kappa shape index (κ3) is 3.63. The zero-order valence-electron chi connectivity index (χ0n) is 8.51. The fourth-order valence-electron chi connectivity index (χ4n) is 1.30. The lowest BCUT2D eigenvalue weighted by molar-refractivity contribution is 0.325. The highest BCUT2D eigenvalue weighted by Crippen LogP contribution is 2.26. The van der Waals surface area contributed by atoms with Crippen LogP contribution in [0.4, 0.5) is 0 Å². The van der Waals surface area contributed by atoms with Crippen molar-refractivity contribution in [2.45, 2.75) is 39.2 Å². The van der Waals surface area contributed by atoms with E-state index < -0.39 is 0 Å². The molecule has 0 aliphatic heterocycles. The molecule has 4 N–H and O–H groups in total. The number of nitrogens with one attached hydrogen (secondary N) is 2. The van der Waals surface area contributed by atoms with Gasteiger partial charge in [0, 0.05) is 12.6 Å². The van der Waals surface area contributed by atoms with Gasteiger partial charge in [-0.3, -0.25) is 10.4 Å². The van der Waals surface area contributed by atoms with Crippen LogP contribution in [0.2, 0.25) is 0 Å². The molecular formula is C9H20N4. The summed E-state index contributed by atoms with van der Waals surface area (Å²) in [6.07, 6.45) is 4.01. The normalized spacial score (nSPS) is 18.6. The average molecular weight is 184 g/mol. The minimum atomic E-state index is 0.371. The summed E-state index contributed by atoms with van der Waals surface area (Å²) in [5.74, 6) is 6.82. The third-order valence-corrected chi connectivity index (χ3v) is 2.29. The summed E-state index contributed by atoms with van der Waals surface area (Å²) in [5, 5.41) is 3.15. The van der Waals surface area contributed by atoms with Crippen LogP contribution in [0.15, 0.2) is 4.99 Å². The van der Waals surface area contributed by atoms with Crippen LogP contribution in [0.25, 0.3) is 0 Å². The number of nitrogens with zero attached hydrogens (tertiary/aromatic N) is 1. The number of aliphatic imine (C=N–C) groups is 1. The quantitative estimate of drug-likeness (QED) is 0.260. The van der Waals surface area contributed by atoms with E-state index in [4.69, 9.17) is 5.84 Å². The Morgan fingerprint density at radius 2 is 2.23 bits per heavy atom. The molecule has 0 bridgehead atoms. The maximum Gasteiger partial charge on any atom is 0.205 e. The highest BCUT2D eigenvalue weighted by molar-refractivity contribution is 5.79. The van der Waals surface area contributed by atoms with E-state index in [-0.39, 0.29) is 0 Å². The Morgan fingerprint density at radius 3 is 2.62 bits per heavy atom. The molecule has 1 aliphatic rings. The molecule has 0 radical (unpaired) electrons. The van der Waals surface area contributed by atoms with Gasteiger partial charge >= 0.3 is 0 Å². The van der Waals surface area contributed by atoms with E-state index in [1.54, 1.807) is 0 Å². The molecule has 0 aromatic heterocycles. The monoisotopic (exact) mass is 184 g/mol. The Morgan fingerprint density at radius 1 is 1.54 bits per heavy atom. The third-order valence-electron chi connectivity index (χ3n) is 2.29. The molecule has 1 aliphatic carbocycles. The minimum absolute atomic E-state index is 0.371. The standard InChI is InChI=1S/C9H20N4/c1-7(2)12-9(13-10)11-6-8-4-3-5-8/h7-8H,3-6,10H2,1-2H3,(H2,11,12,13). The molecule has 1 rings (SSSR count). The summed E-state index contributed by atoms with van der Waals surface area (Å²) in [6.45, 7) is 5.03. The maximum absolute atomic E-state index is 5.32. The molecule has 13 heavy (non-hydrogen) atoms. The van der Waals surface area contributed by atoms with Crippen LogP contribution in [0.5, 0.6) is 0 Å². The van der Waals surface area contributed by atoms with E-state index in [1.807, 2.05) is 0 Å². The average Bonchev–Trinajstić information content (AvgIpc) is 1.99. The molecule has 0 heterocycles. The predicted octanol–water partition coefficient (Wildman–Crippen LogP) is 0.604. The molecule has 0 aromatic carbocycles. The highest BCUT2D eigenvalue weighted by Gasteiger charge is 2.16. The molecular weight excluding hydrogens is 164 g/mol. The van der Waals surface area contributed by atoms with Gasteiger partial charge in [-0.2, -0.15) is 0 Å². The summed E-state index contributed by atoms with van der Waals surface area (Å²) in [4.78, 5) is 4.37. The van der Waals surface area contributed by atoms with E-state index in [0.717, 1.165) is 12.5 Å². The van der Waals surface area contributed by atoms with Crippen molar-refractivity contribution in [2.24, 2.45) is 16.8 Å². The van der Waals surface area contributed by atoms with Gasteiger partial charge in [0.1, 0.15) is 0 Å². The molecule has 0 spiro atoms. The van der Waals surface area contributed by atoms with Crippen LogP contribution in [0.3, 0.4) is 0 Å². The Balaban J connectivity index is 2.26. The maximum atomic E-state index is 5.32. The topological polar surface area (TPSA) is 62.4 Å². The molecule has 0 amide bonds. The molecule has 0 saturated heterocycles. The van der Waals surface area contributed by atoms with Gasteiger partial charge in [-0.1, -0.05) is 6.42 Å². The van der Waals surface area contributed by atoms with Crippen molar-refractivity contribution >= 4 is 5.96 Å². The predicted molar refractivity (Wildman–Crippen MR) is 55.2 cm³/mol. The lowest BCUT2D eigenvalue weighted by Gasteiger charge is -2.23. The first kappa shape index (κ1) is 10.3. The lowest BCUT2D eigenvalue weighted by Crippen LogP contribution is -2.45. The van der Waals surface area contributed by atoms with Crippen LogP contribution >= 0.6 is 0 Å². The summed E-state index contributed by atoms with van der Waals surface area (Å²) >= 11 is 0. The van der Waals surface area contributed by atoms with Crippen LogP contribution in [0.1, 0.15) is 33.1 Å². The fourth-order valence-corrected chi connectivity index (χ4v) is 1.30. The Bertz CT molecular complexity index is 172. The van der Waals surface area contributed by atoms with Crippen molar-refractivity contribution in [1.29, 1.82) is 0 Å². The van der Waals surface area contributed by atoms with Crippen molar-refractivity contribution in [1.82, 2.24) is 10.7 Å². The Labute approximate surface area is 80.0 Å². The zero-order chi connectivity index (χ0) is 9.68. The Hall–Kier alpha value is -0.770. The van der Waals surface area contributed by atoms with Crippen LogP contribution in [-0.2, 0) is 0 Å². The second kappa shape index (κ2) is 5.07. The number of hydrogen-bond donors (Lipinski definition) is 3. The second-order valence-corrected chi connectivity index (χ2v) is 3.93. The Kier molecular flexibility index (Phi) is 4.02. The van der Waals surface area contributed by atoms with E-state index in [1.165, 1.54) is 19.3 Å². The molecule has 0 aromatic rings. The zero-order valence-corrected chi connectivity index (χ0v) is 8.51. The van der Waals surface area contributed by atoms with Crippen molar-refractivity contribution in [2.75, 3.05) is 6.54 Å². The molecule has 4 nitrogen and oxygen atoms in total. The van der Waals surface area contributed by atoms with Gasteiger partial charge in [0.05, 0.1) is 0 Å². The number of rotatable bonds is 3. The summed E-state index contributed by atoms with van der Waals surface area (Å²) in [7, 11) is 0. The number of guanidine groups is 1. The first-order chi connectivity index (χ1) is 6.22. The fraction of sp³-hybridized carbons (Fsp3) is 0.889. The van der Waals surface area contributed by atoms with Gasteiger partial charge in [-0.05, 0) is 32.6 Å². The van der Waals surface area contributed by atoms with E-state index in [2.05, 4.69) is 29.6 Å². The second-order valence-electron chi connectivity index (χ2n) is 3.93. The van der Waals surface area contributed by atoms with Gasteiger partial charge in [0.2, 0.25) is 5.96 Å². The van der Waals surface area contributed by atoms with Gasteiger partial charge in [0.25, 0.3) is 0 Å². The first-order valence-corrected chi connectivity index (χ1v) is 5.00. The van der Waals surface area contributed by atoms with Crippen LogP contribution in [0, 0.1) is 5.92 Å². The summed E-state index contributed by atoms with van der Waals surface area (Å²) < 4.78 is 0. The van der Waals surface area contributed by atoms with Crippen molar-refractivity contribution in [3.8, 4) is 0 Å². The lowest BCUT2D eigenvalue weighted by atomic mass is 9.86. The smallest absolute Gasteiger partial charge is 0.205 e. The molecule has 0 unspecified atom stereocenters. The molecule has 1 saturated carbocycles. The van der Waals surface area contributed by atoms with E-state index >= 15 is 0 Å². The van der Waals surface area contributed by atoms with E-state index in [9.17, 15) is 0 Å². The molecule has 1 fully saturated rings. The van der Waals surface area contributed by atoms with Gasteiger partial charge < -0.3 is 5.32 Å². The summed E-state index contributed by atoms with van der Waals surface area (Å²) in [5.41, 5.74) is 2.58. The van der Waals surface area contributed by atoms with Crippen LogP contribution in [-0.4, -0.2) is 18.5 Å².